The van der Waals surface area contributed by atoms with Crippen LogP contribution in [0.3, 0.4) is 0 Å². The van der Waals surface area contributed by atoms with E-state index in [4.69, 9.17) is 9.84 Å². The standard InChI is InChI=1S/C15H23NO3S/c1-3-20-10-7-12(2)16-8-9-19-14-6-4-5-13(11-14)15(17)18/h4-6,11-12,16H,3,7-10H2,1-2H3,(H,17,18). The van der Waals surface area contributed by atoms with Crippen LogP contribution in [0.25, 0.3) is 0 Å². The number of carboxylic acids is 1. The zero-order valence-corrected chi connectivity index (χ0v) is 12.9. The fraction of sp³-hybridized carbons (Fsp3) is 0.533. The van der Waals surface area contributed by atoms with Gasteiger partial charge >= 0.3 is 5.97 Å². The number of aromatic carboxylic acids is 1. The van der Waals surface area contributed by atoms with Gasteiger partial charge in [0.05, 0.1) is 5.56 Å². The van der Waals surface area contributed by atoms with E-state index in [9.17, 15) is 4.79 Å². The zero-order valence-electron chi connectivity index (χ0n) is 12.1. The Hall–Kier alpha value is -1.20. The molecule has 5 heteroatoms. The van der Waals surface area contributed by atoms with Crippen LogP contribution < -0.4 is 10.1 Å². The topological polar surface area (TPSA) is 58.6 Å². The van der Waals surface area contributed by atoms with Crippen LogP contribution in [0.2, 0.25) is 0 Å². The van der Waals surface area contributed by atoms with Gasteiger partial charge in [0.1, 0.15) is 12.4 Å². The number of ether oxygens (including phenoxy) is 1. The summed E-state index contributed by atoms with van der Waals surface area (Å²) in [5.41, 5.74) is 0.250. The molecule has 112 valence electrons. The minimum absolute atomic E-state index is 0.250. The Kier molecular flexibility index (Phi) is 8.14. The van der Waals surface area contributed by atoms with Gasteiger partial charge in [0, 0.05) is 12.6 Å². The van der Waals surface area contributed by atoms with E-state index in [1.807, 2.05) is 11.8 Å². The first-order valence-electron chi connectivity index (χ1n) is 6.90. The molecule has 0 aliphatic rings. The largest absolute Gasteiger partial charge is 0.492 e. The third-order valence-corrected chi connectivity index (χ3v) is 3.78. The predicted molar refractivity (Wildman–Crippen MR) is 84.0 cm³/mol. The van der Waals surface area contributed by atoms with Crippen molar-refractivity contribution in [3.63, 3.8) is 0 Å². The fourth-order valence-electron chi connectivity index (χ4n) is 1.70. The van der Waals surface area contributed by atoms with Gasteiger partial charge in [-0.05, 0) is 43.0 Å². The van der Waals surface area contributed by atoms with E-state index < -0.39 is 5.97 Å². The van der Waals surface area contributed by atoms with E-state index >= 15 is 0 Å². The van der Waals surface area contributed by atoms with Gasteiger partial charge in [-0.2, -0.15) is 11.8 Å². The molecule has 1 aromatic rings. The molecule has 20 heavy (non-hydrogen) atoms. The molecule has 0 aliphatic heterocycles. The first-order valence-corrected chi connectivity index (χ1v) is 8.06. The average Bonchev–Trinajstić information content (AvgIpc) is 2.44. The van der Waals surface area contributed by atoms with Crippen LogP contribution in [0.4, 0.5) is 0 Å². The van der Waals surface area contributed by atoms with Crippen LogP contribution in [0, 0.1) is 0 Å². The van der Waals surface area contributed by atoms with Gasteiger partial charge in [0.2, 0.25) is 0 Å². The quantitative estimate of drug-likeness (QED) is 0.650. The molecule has 0 radical (unpaired) electrons. The highest BCUT2D eigenvalue weighted by atomic mass is 32.2. The molecule has 1 rings (SSSR count). The SMILES string of the molecule is CCSCCC(C)NCCOc1cccc(C(=O)O)c1. The number of benzene rings is 1. The van der Waals surface area contributed by atoms with Crippen molar-refractivity contribution < 1.29 is 14.6 Å². The lowest BCUT2D eigenvalue weighted by Gasteiger charge is -2.14. The Balaban J connectivity index is 2.20. The maximum absolute atomic E-state index is 10.8. The second-order valence-electron chi connectivity index (χ2n) is 4.52. The molecule has 0 aromatic heterocycles. The number of carbonyl (C=O) groups is 1. The van der Waals surface area contributed by atoms with Crippen molar-refractivity contribution in [2.75, 3.05) is 24.7 Å². The molecule has 1 unspecified atom stereocenters. The van der Waals surface area contributed by atoms with Crippen LogP contribution in [0.15, 0.2) is 24.3 Å². The fourth-order valence-corrected chi connectivity index (χ4v) is 2.51. The molecule has 0 saturated heterocycles. The van der Waals surface area contributed by atoms with Gasteiger partial charge in [-0.15, -0.1) is 0 Å². The Morgan fingerprint density at radius 2 is 2.30 bits per heavy atom. The lowest BCUT2D eigenvalue weighted by atomic mass is 10.2. The Labute approximate surface area is 124 Å². The summed E-state index contributed by atoms with van der Waals surface area (Å²) in [5, 5.41) is 12.3. The van der Waals surface area contributed by atoms with Crippen LogP contribution in [-0.4, -0.2) is 41.8 Å². The van der Waals surface area contributed by atoms with Gasteiger partial charge in [0.25, 0.3) is 0 Å². The number of carboxylic acid groups (broad SMARTS) is 1. The Morgan fingerprint density at radius 3 is 3.00 bits per heavy atom. The van der Waals surface area contributed by atoms with E-state index in [0.29, 0.717) is 18.4 Å². The summed E-state index contributed by atoms with van der Waals surface area (Å²) in [6.07, 6.45) is 1.15. The summed E-state index contributed by atoms with van der Waals surface area (Å²) in [6, 6.07) is 7.04. The average molecular weight is 297 g/mol. The van der Waals surface area contributed by atoms with Crippen molar-refractivity contribution in [3.05, 3.63) is 29.8 Å². The minimum atomic E-state index is -0.935. The lowest BCUT2D eigenvalue weighted by molar-refractivity contribution is 0.0696. The maximum atomic E-state index is 10.8. The molecule has 0 heterocycles. The second kappa shape index (κ2) is 9.66. The summed E-state index contributed by atoms with van der Waals surface area (Å²) in [6.45, 7) is 5.63. The van der Waals surface area contributed by atoms with Gasteiger partial charge in [-0.3, -0.25) is 0 Å². The molecule has 4 nitrogen and oxygen atoms in total. The number of hydrogen-bond acceptors (Lipinski definition) is 4. The highest BCUT2D eigenvalue weighted by Crippen LogP contribution is 2.13. The van der Waals surface area contributed by atoms with Crippen molar-refractivity contribution >= 4 is 17.7 Å². The number of hydrogen-bond donors (Lipinski definition) is 2. The number of thioether (sulfide) groups is 1. The van der Waals surface area contributed by atoms with Crippen LogP contribution >= 0.6 is 11.8 Å². The van der Waals surface area contributed by atoms with E-state index in [0.717, 1.165) is 18.7 Å². The van der Waals surface area contributed by atoms with Gasteiger partial charge in [-0.1, -0.05) is 13.0 Å². The van der Waals surface area contributed by atoms with Crippen molar-refractivity contribution in [1.82, 2.24) is 5.32 Å². The van der Waals surface area contributed by atoms with Gasteiger partial charge in [-0.25, -0.2) is 4.79 Å². The maximum Gasteiger partial charge on any atom is 0.335 e. The van der Waals surface area contributed by atoms with E-state index in [-0.39, 0.29) is 5.56 Å². The first-order chi connectivity index (χ1) is 9.63. The summed E-state index contributed by atoms with van der Waals surface area (Å²) < 4.78 is 5.54. The van der Waals surface area contributed by atoms with E-state index in [1.165, 1.54) is 5.75 Å². The summed E-state index contributed by atoms with van der Waals surface area (Å²) in [4.78, 5) is 10.8. The van der Waals surface area contributed by atoms with E-state index in [2.05, 4.69) is 19.2 Å². The Morgan fingerprint density at radius 1 is 1.50 bits per heavy atom. The van der Waals surface area contributed by atoms with Crippen LogP contribution in [-0.2, 0) is 0 Å². The van der Waals surface area contributed by atoms with Crippen molar-refractivity contribution in [1.29, 1.82) is 0 Å². The highest BCUT2D eigenvalue weighted by molar-refractivity contribution is 7.99. The molecule has 0 amide bonds. The number of nitrogens with one attached hydrogen (secondary N) is 1. The summed E-state index contributed by atoms with van der Waals surface area (Å²) in [5.74, 6) is 2.00. The van der Waals surface area contributed by atoms with Gasteiger partial charge in [0.15, 0.2) is 0 Å². The third-order valence-electron chi connectivity index (χ3n) is 2.84. The summed E-state index contributed by atoms with van der Waals surface area (Å²) in [7, 11) is 0. The third kappa shape index (κ3) is 6.82. The molecule has 0 spiro atoms. The molecule has 1 aromatic carbocycles. The predicted octanol–water partition coefficient (Wildman–Crippen LogP) is 2.88. The Bertz CT molecular complexity index is 412. The van der Waals surface area contributed by atoms with Crippen molar-refractivity contribution in [2.45, 2.75) is 26.3 Å². The van der Waals surface area contributed by atoms with E-state index in [1.54, 1.807) is 24.3 Å². The minimum Gasteiger partial charge on any atom is -0.492 e. The molecule has 0 aliphatic carbocycles. The molecule has 0 fully saturated rings. The second-order valence-corrected chi connectivity index (χ2v) is 5.92. The number of rotatable bonds is 10. The zero-order chi connectivity index (χ0) is 14.8. The highest BCUT2D eigenvalue weighted by Gasteiger charge is 2.04. The summed E-state index contributed by atoms with van der Waals surface area (Å²) >= 11 is 1.95. The van der Waals surface area contributed by atoms with Crippen LogP contribution in [0.5, 0.6) is 5.75 Å². The molecule has 0 bridgehead atoms. The smallest absolute Gasteiger partial charge is 0.335 e. The normalized spacial score (nSPS) is 12.1. The van der Waals surface area contributed by atoms with Crippen LogP contribution in [0.1, 0.15) is 30.6 Å². The molecule has 0 saturated carbocycles. The van der Waals surface area contributed by atoms with Crippen molar-refractivity contribution in [3.8, 4) is 5.75 Å². The van der Waals surface area contributed by atoms with Crippen molar-refractivity contribution in [2.24, 2.45) is 0 Å². The first kappa shape index (κ1) is 16.9. The molecule has 1 atom stereocenters. The molecule has 2 N–H and O–H groups in total. The lowest BCUT2D eigenvalue weighted by Crippen LogP contribution is -2.30. The monoisotopic (exact) mass is 297 g/mol. The van der Waals surface area contributed by atoms with Gasteiger partial charge < -0.3 is 15.2 Å². The molecular weight excluding hydrogens is 274 g/mol. The molecular formula is C15H23NO3S.